The van der Waals surface area contributed by atoms with E-state index in [2.05, 4.69) is 17.4 Å². The molecule has 27 heavy (non-hydrogen) atoms. The number of anilines is 2. The number of carbonyl (C=O) groups excluding carboxylic acids is 2. The predicted molar refractivity (Wildman–Crippen MR) is 111 cm³/mol. The Balaban J connectivity index is 1.51. The number of carbonyl (C=O) groups is 2. The fourth-order valence-electron chi connectivity index (χ4n) is 3.08. The number of rotatable bonds is 8. The molecule has 1 aliphatic heterocycles. The van der Waals surface area contributed by atoms with Crippen molar-refractivity contribution < 1.29 is 14.3 Å². The van der Waals surface area contributed by atoms with E-state index in [9.17, 15) is 9.59 Å². The minimum absolute atomic E-state index is 0.0416. The molecule has 0 unspecified atom stereocenters. The summed E-state index contributed by atoms with van der Waals surface area (Å²) in [6.07, 6.45) is 2.38. The number of hydrogen-bond donors (Lipinski definition) is 1. The molecule has 142 valence electrons. The van der Waals surface area contributed by atoms with Crippen molar-refractivity contribution in [3.63, 3.8) is 0 Å². The zero-order valence-corrected chi connectivity index (χ0v) is 16.3. The lowest BCUT2D eigenvalue weighted by atomic mass is 10.2. The van der Waals surface area contributed by atoms with Crippen LogP contribution in [0.1, 0.15) is 18.4 Å². The van der Waals surface area contributed by atoms with Crippen LogP contribution in [0.25, 0.3) is 0 Å². The average molecular weight is 385 g/mol. The monoisotopic (exact) mass is 384 g/mol. The third kappa shape index (κ3) is 5.26. The lowest BCUT2D eigenvalue weighted by Crippen LogP contribution is -2.24. The summed E-state index contributed by atoms with van der Waals surface area (Å²) in [5.74, 6) is 1.97. The Morgan fingerprint density at radius 1 is 1.22 bits per heavy atom. The molecule has 0 radical (unpaired) electrons. The lowest BCUT2D eigenvalue weighted by Gasteiger charge is -2.19. The van der Waals surface area contributed by atoms with Gasteiger partial charge in [0.1, 0.15) is 5.75 Å². The second kappa shape index (κ2) is 9.46. The third-order valence-corrected chi connectivity index (χ3v) is 5.40. The number of nitrogens with zero attached hydrogens (tertiary/aromatic N) is 1. The molecule has 2 aromatic carbocycles. The molecule has 2 aromatic rings. The van der Waals surface area contributed by atoms with E-state index in [1.807, 2.05) is 30.3 Å². The molecule has 1 saturated heterocycles. The first-order chi connectivity index (χ1) is 13.2. The molecule has 1 N–H and O–H groups in total. The summed E-state index contributed by atoms with van der Waals surface area (Å²) in [5.41, 5.74) is 2.72. The first kappa shape index (κ1) is 19.3. The first-order valence-electron chi connectivity index (χ1n) is 9.07. The smallest absolute Gasteiger partial charge is 0.234 e. The molecule has 1 aliphatic rings. The van der Waals surface area contributed by atoms with Crippen LogP contribution in [-0.4, -0.2) is 37.0 Å². The number of amides is 2. The first-order valence-corrected chi connectivity index (χ1v) is 10.2. The van der Waals surface area contributed by atoms with Crippen molar-refractivity contribution in [1.82, 2.24) is 0 Å². The Labute approximate surface area is 164 Å². The van der Waals surface area contributed by atoms with Crippen molar-refractivity contribution in [1.29, 1.82) is 0 Å². The summed E-state index contributed by atoms with van der Waals surface area (Å²) in [4.78, 5) is 25.9. The summed E-state index contributed by atoms with van der Waals surface area (Å²) in [5, 5.41) is 2.90. The molecule has 0 atom stereocenters. The molecule has 6 heteroatoms. The zero-order chi connectivity index (χ0) is 19.1. The Kier molecular flexibility index (Phi) is 6.76. The van der Waals surface area contributed by atoms with Crippen molar-refractivity contribution in [2.24, 2.45) is 0 Å². The van der Waals surface area contributed by atoms with Gasteiger partial charge in [-0.3, -0.25) is 9.59 Å². The summed E-state index contributed by atoms with van der Waals surface area (Å²) in [7, 11) is 1.57. The molecule has 1 heterocycles. The van der Waals surface area contributed by atoms with E-state index in [4.69, 9.17) is 4.74 Å². The van der Waals surface area contributed by atoms with Gasteiger partial charge in [-0.05, 0) is 36.3 Å². The largest absolute Gasteiger partial charge is 0.494 e. The number of aryl methyl sites for hydroxylation is 1. The molecule has 2 amide bonds. The summed E-state index contributed by atoms with van der Waals surface area (Å²) in [6.45, 7) is 0.707. The minimum Gasteiger partial charge on any atom is -0.494 e. The number of hydrogen-bond acceptors (Lipinski definition) is 4. The van der Waals surface area contributed by atoms with Crippen molar-refractivity contribution >= 4 is 35.0 Å². The Bertz CT molecular complexity index is 795. The fourth-order valence-corrected chi connectivity index (χ4v) is 3.86. The highest BCUT2D eigenvalue weighted by atomic mass is 32.2. The van der Waals surface area contributed by atoms with Crippen LogP contribution < -0.4 is 15.0 Å². The summed E-state index contributed by atoms with van der Waals surface area (Å²) >= 11 is 1.61. The van der Waals surface area contributed by atoms with E-state index in [1.54, 1.807) is 29.8 Å². The van der Waals surface area contributed by atoms with Gasteiger partial charge in [-0.25, -0.2) is 0 Å². The standard InChI is InChI=1S/C21H24N2O3S/c1-26-19-14-17(9-10-18(19)23-12-5-8-21(23)25)22-20(24)15-27-13-11-16-6-3-2-4-7-16/h2-4,6-7,9-10,14H,5,8,11-13,15H2,1H3,(H,22,24). The van der Waals surface area contributed by atoms with E-state index >= 15 is 0 Å². The summed E-state index contributed by atoms with van der Waals surface area (Å²) < 4.78 is 5.43. The van der Waals surface area contributed by atoms with Crippen LogP contribution in [0.4, 0.5) is 11.4 Å². The quantitative estimate of drug-likeness (QED) is 0.705. The maximum absolute atomic E-state index is 12.2. The van der Waals surface area contributed by atoms with Gasteiger partial charge in [0.15, 0.2) is 0 Å². The molecule has 1 fully saturated rings. The molecule has 0 aromatic heterocycles. The van der Waals surface area contributed by atoms with E-state index in [0.29, 0.717) is 30.2 Å². The maximum Gasteiger partial charge on any atom is 0.234 e. The Morgan fingerprint density at radius 3 is 2.74 bits per heavy atom. The van der Waals surface area contributed by atoms with Crippen LogP contribution in [0.2, 0.25) is 0 Å². The highest BCUT2D eigenvalue weighted by Gasteiger charge is 2.24. The van der Waals surface area contributed by atoms with Crippen molar-refractivity contribution in [3.8, 4) is 5.75 Å². The average Bonchev–Trinajstić information content (AvgIpc) is 3.11. The Hall–Kier alpha value is -2.47. The molecule has 0 aliphatic carbocycles. The number of thioether (sulfide) groups is 1. The Morgan fingerprint density at radius 2 is 2.04 bits per heavy atom. The van der Waals surface area contributed by atoms with Crippen LogP contribution in [0.5, 0.6) is 5.75 Å². The van der Waals surface area contributed by atoms with Crippen LogP contribution >= 0.6 is 11.8 Å². The van der Waals surface area contributed by atoms with Gasteiger partial charge in [-0.2, -0.15) is 11.8 Å². The van der Waals surface area contributed by atoms with Gasteiger partial charge < -0.3 is 15.0 Å². The molecule has 0 bridgehead atoms. The van der Waals surface area contributed by atoms with Crippen molar-refractivity contribution in [2.75, 3.05) is 35.4 Å². The van der Waals surface area contributed by atoms with Gasteiger partial charge in [0.25, 0.3) is 0 Å². The van der Waals surface area contributed by atoms with E-state index in [-0.39, 0.29) is 11.8 Å². The van der Waals surface area contributed by atoms with E-state index < -0.39 is 0 Å². The number of methoxy groups -OCH3 is 1. The maximum atomic E-state index is 12.2. The summed E-state index contributed by atoms with van der Waals surface area (Å²) in [6, 6.07) is 15.7. The highest BCUT2D eigenvalue weighted by Crippen LogP contribution is 2.33. The number of benzene rings is 2. The molecular weight excluding hydrogens is 360 g/mol. The molecule has 0 spiro atoms. The van der Waals surface area contributed by atoms with Gasteiger partial charge >= 0.3 is 0 Å². The second-order valence-electron chi connectivity index (χ2n) is 6.37. The van der Waals surface area contributed by atoms with Gasteiger partial charge in [-0.15, -0.1) is 0 Å². The van der Waals surface area contributed by atoms with Crippen molar-refractivity contribution in [2.45, 2.75) is 19.3 Å². The second-order valence-corrected chi connectivity index (χ2v) is 7.48. The van der Waals surface area contributed by atoms with Crippen molar-refractivity contribution in [3.05, 3.63) is 54.1 Å². The van der Waals surface area contributed by atoms with E-state index in [1.165, 1.54) is 5.56 Å². The molecular formula is C21H24N2O3S. The third-order valence-electron chi connectivity index (χ3n) is 4.44. The van der Waals surface area contributed by atoms with Crippen LogP contribution in [-0.2, 0) is 16.0 Å². The number of nitrogens with one attached hydrogen (secondary N) is 1. The topological polar surface area (TPSA) is 58.6 Å². The van der Waals surface area contributed by atoms with Crippen LogP contribution in [0, 0.1) is 0 Å². The SMILES string of the molecule is COc1cc(NC(=O)CSCCc2ccccc2)ccc1N1CCCC1=O. The zero-order valence-electron chi connectivity index (χ0n) is 15.4. The van der Waals surface area contributed by atoms with Gasteiger partial charge in [0.05, 0.1) is 18.6 Å². The van der Waals surface area contributed by atoms with Gasteiger partial charge in [0.2, 0.25) is 11.8 Å². The highest BCUT2D eigenvalue weighted by molar-refractivity contribution is 7.99. The van der Waals surface area contributed by atoms with Crippen LogP contribution in [0.15, 0.2) is 48.5 Å². The fraction of sp³-hybridized carbons (Fsp3) is 0.333. The minimum atomic E-state index is -0.0416. The van der Waals surface area contributed by atoms with Crippen LogP contribution in [0.3, 0.4) is 0 Å². The van der Waals surface area contributed by atoms with E-state index in [0.717, 1.165) is 24.3 Å². The molecule has 3 rings (SSSR count). The predicted octanol–water partition coefficient (Wildman–Crippen LogP) is 3.74. The molecule has 5 nitrogen and oxygen atoms in total. The van der Waals surface area contributed by atoms with Gasteiger partial charge in [0, 0.05) is 24.7 Å². The lowest BCUT2D eigenvalue weighted by molar-refractivity contribution is -0.117. The van der Waals surface area contributed by atoms with Gasteiger partial charge in [-0.1, -0.05) is 30.3 Å². The number of ether oxygens (including phenoxy) is 1. The normalized spacial score (nSPS) is 13.7. The molecule has 0 saturated carbocycles.